The van der Waals surface area contributed by atoms with Gasteiger partial charge in [-0.2, -0.15) is 0 Å². The second-order valence-corrected chi connectivity index (χ2v) is 9.40. The molecule has 0 rings (SSSR count). The van der Waals surface area contributed by atoms with Crippen molar-refractivity contribution >= 4 is 0 Å². The third kappa shape index (κ3) is 14.3. The van der Waals surface area contributed by atoms with E-state index >= 15 is 0 Å². The van der Waals surface area contributed by atoms with Crippen LogP contribution in [-0.4, -0.2) is 101 Å². The second-order valence-electron chi connectivity index (χ2n) is 9.40. The Kier molecular flexibility index (Phi) is 14.4. The number of alkyl halides is 2. The fourth-order valence-electron chi connectivity index (χ4n) is 2.52. The van der Waals surface area contributed by atoms with Crippen LogP contribution in [0.4, 0.5) is 8.78 Å². The molecule has 0 aromatic heterocycles. The molecule has 6 nitrogen and oxygen atoms in total. The van der Waals surface area contributed by atoms with Crippen molar-refractivity contribution in [1.29, 1.82) is 0 Å². The molecule has 0 fully saturated rings. The highest BCUT2D eigenvalue weighted by Crippen LogP contribution is 2.21. The zero-order valence-corrected chi connectivity index (χ0v) is 19.1. The first-order valence-electron chi connectivity index (χ1n) is 10.6. The van der Waals surface area contributed by atoms with Crippen LogP contribution in [0, 0.1) is 10.8 Å². The minimum absolute atomic E-state index is 0.0518. The van der Waals surface area contributed by atoms with Gasteiger partial charge in [0.05, 0.1) is 73.4 Å². The zero-order valence-electron chi connectivity index (χ0n) is 19.1. The van der Waals surface area contributed by atoms with E-state index in [1.54, 1.807) is 6.92 Å². The average Bonchev–Trinajstić information content (AvgIpc) is 2.68. The quantitative estimate of drug-likeness (QED) is 0.245. The van der Waals surface area contributed by atoms with Crippen molar-refractivity contribution in [1.82, 2.24) is 0 Å². The number of hydrogen-bond acceptors (Lipinski definition) is 5. The van der Waals surface area contributed by atoms with E-state index in [1.165, 1.54) is 0 Å². The molecule has 0 aliphatic rings. The van der Waals surface area contributed by atoms with Crippen molar-refractivity contribution in [2.45, 2.75) is 46.5 Å². The first kappa shape index (κ1) is 28.6. The second kappa shape index (κ2) is 14.6. The maximum Gasteiger partial charge on any atom is 0.240 e. The smallest absolute Gasteiger partial charge is 0.240 e. The molecule has 0 radical (unpaired) electrons. The minimum atomic E-state index is -2.39. The van der Waals surface area contributed by atoms with E-state index in [0.717, 1.165) is 30.4 Å². The highest BCUT2D eigenvalue weighted by Gasteiger charge is 2.29. The molecule has 29 heavy (non-hydrogen) atoms. The Morgan fingerprint density at radius 3 is 1.76 bits per heavy atom. The Balaban J connectivity index is 4.14. The van der Waals surface area contributed by atoms with Crippen LogP contribution < -0.4 is 0 Å². The summed E-state index contributed by atoms with van der Waals surface area (Å²) in [7, 11) is 4.43. The van der Waals surface area contributed by atoms with Gasteiger partial charge in [0.15, 0.2) is 0 Å². The topological polar surface area (TPSA) is 68.2 Å². The lowest BCUT2D eigenvalue weighted by molar-refractivity contribution is -0.888. The fraction of sp³-hybridized carbons (Fsp3) is 1.00. The monoisotopic (exact) mass is 428 g/mol. The van der Waals surface area contributed by atoms with Gasteiger partial charge in [0.1, 0.15) is 0 Å². The molecule has 2 atom stereocenters. The summed E-state index contributed by atoms with van der Waals surface area (Å²) >= 11 is 0. The normalized spacial score (nSPS) is 16.8. The Hall–Kier alpha value is -0.380. The van der Waals surface area contributed by atoms with Crippen LogP contribution in [-0.2, 0) is 14.2 Å². The molecular weight excluding hydrogens is 384 g/mol. The predicted molar refractivity (Wildman–Crippen MR) is 110 cm³/mol. The summed E-state index contributed by atoms with van der Waals surface area (Å²) in [5.41, 5.74) is -1.21. The number of hydrogen-bond donors (Lipinski definition) is 2. The van der Waals surface area contributed by atoms with E-state index in [9.17, 15) is 19.0 Å². The zero-order chi connectivity index (χ0) is 22.4. The molecule has 0 heterocycles. The number of unbranched alkanes of at least 4 members (excludes halogenated alkanes) is 1. The average molecular weight is 429 g/mol. The van der Waals surface area contributed by atoms with Crippen molar-refractivity contribution in [2.75, 3.05) is 80.0 Å². The third-order valence-electron chi connectivity index (χ3n) is 5.20. The Morgan fingerprint density at radius 1 is 0.828 bits per heavy atom. The van der Waals surface area contributed by atoms with Crippen LogP contribution in [0.2, 0.25) is 0 Å². The van der Waals surface area contributed by atoms with E-state index in [1.807, 2.05) is 6.92 Å². The van der Waals surface area contributed by atoms with Gasteiger partial charge < -0.3 is 28.9 Å². The SMILES string of the molecule is CC[N+](C)(C)CCCCOCC(C)(CO)COCC(C)(CO)COCCC(F)F. The molecule has 0 spiro atoms. The van der Waals surface area contributed by atoms with Crippen LogP contribution in [0.1, 0.15) is 40.0 Å². The lowest BCUT2D eigenvalue weighted by atomic mass is 9.92. The summed E-state index contributed by atoms with van der Waals surface area (Å²) in [5, 5.41) is 19.3. The number of nitrogens with zero attached hydrogens (tertiary/aromatic N) is 1. The third-order valence-corrected chi connectivity index (χ3v) is 5.20. The summed E-state index contributed by atoms with van der Waals surface area (Å²) < 4.78 is 42.0. The molecule has 176 valence electrons. The highest BCUT2D eigenvalue weighted by molar-refractivity contribution is 4.76. The Bertz CT molecular complexity index is 415. The largest absolute Gasteiger partial charge is 0.396 e. The van der Waals surface area contributed by atoms with Crippen molar-refractivity contribution in [2.24, 2.45) is 10.8 Å². The maximum atomic E-state index is 12.2. The van der Waals surface area contributed by atoms with Gasteiger partial charge in [-0.05, 0) is 19.8 Å². The van der Waals surface area contributed by atoms with Crippen molar-refractivity contribution < 1.29 is 37.7 Å². The van der Waals surface area contributed by atoms with Gasteiger partial charge in [-0.3, -0.25) is 0 Å². The summed E-state index contributed by atoms with van der Waals surface area (Å²) in [6.07, 6.45) is -0.651. The lowest BCUT2D eigenvalue weighted by Gasteiger charge is -2.31. The van der Waals surface area contributed by atoms with E-state index in [0.29, 0.717) is 13.2 Å². The van der Waals surface area contributed by atoms with Crippen molar-refractivity contribution in [3.05, 3.63) is 0 Å². The number of aliphatic hydroxyl groups excluding tert-OH is 2. The standard InChI is InChI=1S/C21H44F2NO5/c1-6-24(4,5)10-7-8-11-27-15-20(2,13-25)17-29-18-21(3,14-26)16-28-12-9-19(22)23/h19,25-26H,6-18H2,1-5H3/q+1. The number of halogens is 2. The summed E-state index contributed by atoms with van der Waals surface area (Å²) in [6.45, 7) is 9.39. The lowest BCUT2D eigenvalue weighted by Crippen LogP contribution is -2.40. The van der Waals surface area contributed by atoms with Gasteiger partial charge in [0.25, 0.3) is 0 Å². The van der Waals surface area contributed by atoms with Gasteiger partial charge >= 0.3 is 0 Å². The molecule has 0 aliphatic heterocycles. The molecule has 8 heteroatoms. The van der Waals surface area contributed by atoms with Gasteiger partial charge in [-0.1, -0.05) is 13.8 Å². The number of ether oxygens (including phenoxy) is 3. The fourth-order valence-corrected chi connectivity index (χ4v) is 2.52. The first-order chi connectivity index (χ1) is 13.5. The molecule has 0 saturated heterocycles. The van der Waals surface area contributed by atoms with E-state index in [-0.39, 0.29) is 46.1 Å². The van der Waals surface area contributed by atoms with Crippen molar-refractivity contribution in [3.63, 3.8) is 0 Å². The Labute approximate surface area is 175 Å². The van der Waals surface area contributed by atoms with Gasteiger partial charge in [-0.15, -0.1) is 0 Å². The molecule has 0 aromatic rings. The Morgan fingerprint density at radius 2 is 1.31 bits per heavy atom. The minimum Gasteiger partial charge on any atom is -0.396 e. The van der Waals surface area contributed by atoms with E-state index in [4.69, 9.17) is 14.2 Å². The summed E-state index contributed by atoms with van der Waals surface area (Å²) in [4.78, 5) is 0. The maximum absolute atomic E-state index is 12.2. The number of quaternary nitrogens is 1. The first-order valence-corrected chi connectivity index (χ1v) is 10.6. The molecule has 0 bridgehead atoms. The molecule has 0 amide bonds. The number of rotatable bonds is 19. The van der Waals surface area contributed by atoms with E-state index in [2.05, 4.69) is 21.0 Å². The van der Waals surface area contributed by atoms with E-state index < -0.39 is 17.3 Å². The van der Waals surface area contributed by atoms with Crippen LogP contribution in [0.25, 0.3) is 0 Å². The molecular formula is C21H44F2NO5+. The molecule has 2 N–H and O–H groups in total. The highest BCUT2D eigenvalue weighted by atomic mass is 19.3. The molecule has 0 aliphatic carbocycles. The predicted octanol–water partition coefficient (Wildman–Crippen LogP) is 2.57. The summed E-state index contributed by atoms with van der Waals surface area (Å²) in [6, 6.07) is 0. The van der Waals surface area contributed by atoms with Crippen LogP contribution in [0.15, 0.2) is 0 Å². The van der Waals surface area contributed by atoms with Gasteiger partial charge in [0, 0.05) is 23.9 Å². The number of aliphatic hydroxyl groups is 2. The van der Waals surface area contributed by atoms with Crippen molar-refractivity contribution in [3.8, 4) is 0 Å². The molecule has 2 unspecified atom stereocenters. The van der Waals surface area contributed by atoms with Crippen LogP contribution >= 0.6 is 0 Å². The van der Waals surface area contributed by atoms with Crippen LogP contribution in [0.3, 0.4) is 0 Å². The molecule has 0 saturated carbocycles. The summed E-state index contributed by atoms with van der Waals surface area (Å²) in [5.74, 6) is 0. The van der Waals surface area contributed by atoms with Gasteiger partial charge in [-0.25, -0.2) is 8.78 Å². The molecule has 0 aromatic carbocycles. The van der Waals surface area contributed by atoms with Crippen LogP contribution in [0.5, 0.6) is 0 Å². The van der Waals surface area contributed by atoms with Gasteiger partial charge in [0.2, 0.25) is 6.43 Å².